The average molecular weight is 621 g/mol. The Hall–Kier alpha value is -3.39. The second-order valence-corrected chi connectivity index (χ2v) is 11.6. The minimum Gasteiger partial charge on any atom is -0.497 e. The Kier molecular flexibility index (Phi) is 9.28. The third-order valence-electron chi connectivity index (χ3n) is 7.27. The van der Waals surface area contributed by atoms with Gasteiger partial charge in [-0.3, -0.25) is 0 Å². The van der Waals surface area contributed by atoms with Crippen molar-refractivity contribution in [3.8, 4) is 11.5 Å². The maximum absolute atomic E-state index is 14.7. The molecule has 1 aliphatic rings. The van der Waals surface area contributed by atoms with Gasteiger partial charge in [-0.25, -0.2) is 4.39 Å². The molecule has 5 nitrogen and oxygen atoms in total. The molecule has 5 rings (SSSR count). The first-order chi connectivity index (χ1) is 19.8. The molecular weight excluding hydrogens is 585 g/mol. The van der Waals surface area contributed by atoms with Gasteiger partial charge in [-0.2, -0.15) is 0 Å². The van der Waals surface area contributed by atoms with Gasteiger partial charge in [0, 0.05) is 27.8 Å². The number of benzene rings is 4. The van der Waals surface area contributed by atoms with Gasteiger partial charge in [0.05, 0.1) is 20.3 Å². The van der Waals surface area contributed by atoms with Gasteiger partial charge in [-0.05, 0) is 73.9 Å². The number of hydrogen-bond donors (Lipinski definition) is 1. The average Bonchev–Trinajstić information content (AvgIpc) is 2.97. The van der Waals surface area contributed by atoms with Gasteiger partial charge in [0.25, 0.3) is 0 Å². The van der Waals surface area contributed by atoms with Gasteiger partial charge in [-0.1, -0.05) is 64.5 Å². The van der Waals surface area contributed by atoms with Crippen LogP contribution in [-0.2, 0) is 29.0 Å². The summed E-state index contributed by atoms with van der Waals surface area (Å²) in [5.41, 5.74) is 3.94. The summed E-state index contributed by atoms with van der Waals surface area (Å²) in [4.78, 5) is 0. The van der Waals surface area contributed by atoms with Gasteiger partial charge >= 0.3 is 0 Å². The van der Waals surface area contributed by atoms with Crippen molar-refractivity contribution in [2.24, 2.45) is 0 Å². The number of rotatable bonds is 11. The first-order valence-corrected chi connectivity index (χ1v) is 14.5. The molecule has 2 unspecified atom stereocenters. The van der Waals surface area contributed by atoms with Gasteiger partial charge in [-0.15, -0.1) is 0 Å². The van der Waals surface area contributed by atoms with E-state index in [4.69, 9.17) is 18.9 Å². The van der Waals surface area contributed by atoms with Crippen LogP contribution in [0.5, 0.6) is 11.5 Å². The molecule has 1 N–H and O–H groups in total. The lowest BCUT2D eigenvalue weighted by Gasteiger charge is -2.44. The quantitative estimate of drug-likeness (QED) is 0.183. The first-order valence-electron chi connectivity index (χ1n) is 13.7. The summed E-state index contributed by atoms with van der Waals surface area (Å²) < 4.78 is 40.1. The lowest BCUT2D eigenvalue weighted by Crippen LogP contribution is -2.51. The molecule has 0 radical (unpaired) electrons. The van der Waals surface area contributed by atoms with Crippen molar-refractivity contribution in [1.29, 1.82) is 0 Å². The SMILES string of the molecule is COc1ccc(CNc2ccc3c(c2)C(OCCc2ccccc2)C(OCc2ccc(Br)cc2F)C(C)(C)O3)cc1. The Morgan fingerprint density at radius 2 is 1.68 bits per heavy atom. The largest absolute Gasteiger partial charge is 0.497 e. The van der Waals surface area contributed by atoms with Crippen LogP contribution in [-0.4, -0.2) is 25.4 Å². The molecule has 4 aromatic carbocycles. The molecule has 0 amide bonds. The Labute approximate surface area is 249 Å². The molecular formula is C34H35BrFNO4. The number of anilines is 1. The van der Waals surface area contributed by atoms with Crippen LogP contribution in [0.25, 0.3) is 0 Å². The Balaban J connectivity index is 1.39. The normalized spacial score (nSPS) is 17.4. The highest BCUT2D eigenvalue weighted by atomic mass is 79.9. The molecule has 0 fully saturated rings. The lowest BCUT2D eigenvalue weighted by atomic mass is 9.87. The maximum Gasteiger partial charge on any atom is 0.132 e. The monoisotopic (exact) mass is 619 g/mol. The summed E-state index contributed by atoms with van der Waals surface area (Å²) in [7, 11) is 1.66. The van der Waals surface area contributed by atoms with E-state index in [2.05, 4.69) is 39.4 Å². The predicted molar refractivity (Wildman–Crippen MR) is 163 cm³/mol. The van der Waals surface area contributed by atoms with E-state index in [0.29, 0.717) is 23.2 Å². The van der Waals surface area contributed by atoms with E-state index in [1.165, 1.54) is 11.6 Å². The van der Waals surface area contributed by atoms with Crippen molar-refractivity contribution in [3.63, 3.8) is 0 Å². The topological polar surface area (TPSA) is 49.0 Å². The zero-order chi connectivity index (χ0) is 28.8. The van der Waals surface area contributed by atoms with Crippen LogP contribution in [0.1, 0.15) is 42.2 Å². The highest BCUT2D eigenvalue weighted by Crippen LogP contribution is 2.44. The zero-order valence-electron chi connectivity index (χ0n) is 23.5. The summed E-state index contributed by atoms with van der Waals surface area (Å²) >= 11 is 3.33. The highest BCUT2D eigenvalue weighted by molar-refractivity contribution is 9.10. The summed E-state index contributed by atoms with van der Waals surface area (Å²) in [5.74, 6) is 1.26. The minimum absolute atomic E-state index is 0.0971. The van der Waals surface area contributed by atoms with Crippen molar-refractivity contribution in [3.05, 3.63) is 124 Å². The van der Waals surface area contributed by atoms with E-state index in [0.717, 1.165) is 34.7 Å². The Morgan fingerprint density at radius 1 is 0.902 bits per heavy atom. The molecule has 1 aliphatic heterocycles. The van der Waals surface area contributed by atoms with Gasteiger partial charge < -0.3 is 24.3 Å². The van der Waals surface area contributed by atoms with E-state index in [-0.39, 0.29) is 12.4 Å². The maximum atomic E-state index is 14.7. The first kappa shape index (κ1) is 29.1. The summed E-state index contributed by atoms with van der Waals surface area (Å²) in [6.45, 7) is 5.22. The fourth-order valence-corrected chi connectivity index (χ4v) is 5.36. The second-order valence-electron chi connectivity index (χ2n) is 10.7. The van der Waals surface area contributed by atoms with Crippen molar-refractivity contribution in [2.45, 2.75) is 51.2 Å². The predicted octanol–water partition coefficient (Wildman–Crippen LogP) is 8.27. The lowest BCUT2D eigenvalue weighted by molar-refractivity contribution is -0.167. The van der Waals surface area contributed by atoms with Crippen LogP contribution < -0.4 is 14.8 Å². The van der Waals surface area contributed by atoms with E-state index in [9.17, 15) is 4.39 Å². The van der Waals surface area contributed by atoms with E-state index in [1.54, 1.807) is 13.2 Å². The molecule has 0 saturated heterocycles. The van der Waals surface area contributed by atoms with Crippen molar-refractivity contribution in [2.75, 3.05) is 19.0 Å². The van der Waals surface area contributed by atoms with Crippen molar-refractivity contribution in [1.82, 2.24) is 0 Å². The minimum atomic E-state index is -0.714. The molecule has 0 spiro atoms. The van der Waals surface area contributed by atoms with Gasteiger partial charge in [0.15, 0.2) is 0 Å². The molecule has 41 heavy (non-hydrogen) atoms. The molecule has 214 valence electrons. The molecule has 0 saturated carbocycles. The van der Waals surface area contributed by atoms with E-state index in [1.807, 2.05) is 74.5 Å². The summed E-state index contributed by atoms with van der Waals surface area (Å²) in [5, 5.41) is 3.51. The number of ether oxygens (including phenoxy) is 4. The number of fused-ring (bicyclic) bond motifs is 1. The van der Waals surface area contributed by atoms with Crippen LogP contribution in [0.4, 0.5) is 10.1 Å². The third-order valence-corrected chi connectivity index (χ3v) is 7.76. The molecule has 0 aliphatic carbocycles. The molecule has 0 bridgehead atoms. The number of hydrogen-bond acceptors (Lipinski definition) is 5. The molecule has 7 heteroatoms. The second kappa shape index (κ2) is 13.1. The standard InChI is InChI=1S/C34H35BrFNO4/c1-34(2)33(40-22-25-11-12-26(35)19-30(25)36)32(39-18-17-23-7-5-4-6-8-23)29-20-27(13-16-31(29)41-34)37-21-24-9-14-28(38-3)15-10-24/h4-16,19-20,32-33,37H,17-18,21-22H2,1-3H3. The van der Waals surface area contributed by atoms with Crippen LogP contribution in [0, 0.1) is 5.82 Å². The van der Waals surface area contributed by atoms with Crippen LogP contribution in [0.15, 0.2) is 95.5 Å². The van der Waals surface area contributed by atoms with Crippen LogP contribution in [0.2, 0.25) is 0 Å². The Morgan fingerprint density at radius 3 is 2.41 bits per heavy atom. The third kappa shape index (κ3) is 7.28. The number of methoxy groups -OCH3 is 1. The van der Waals surface area contributed by atoms with E-state index >= 15 is 0 Å². The molecule has 2 atom stereocenters. The van der Waals surface area contributed by atoms with Gasteiger partial charge in [0.2, 0.25) is 0 Å². The summed E-state index contributed by atoms with van der Waals surface area (Å²) in [6.07, 6.45) is -0.137. The van der Waals surface area contributed by atoms with Gasteiger partial charge in [0.1, 0.15) is 35.1 Å². The fraction of sp³-hybridized carbons (Fsp3) is 0.294. The van der Waals surface area contributed by atoms with Crippen molar-refractivity contribution >= 4 is 21.6 Å². The molecule has 4 aromatic rings. The molecule has 1 heterocycles. The fourth-order valence-electron chi connectivity index (χ4n) is 5.02. The van der Waals surface area contributed by atoms with E-state index < -0.39 is 17.8 Å². The Bertz CT molecular complexity index is 1450. The van der Waals surface area contributed by atoms with Crippen molar-refractivity contribution < 1.29 is 23.3 Å². The smallest absolute Gasteiger partial charge is 0.132 e. The molecule has 0 aromatic heterocycles. The van der Waals surface area contributed by atoms with Crippen LogP contribution >= 0.6 is 15.9 Å². The summed E-state index contributed by atoms with van der Waals surface area (Å²) in [6, 6.07) is 29.3. The number of halogens is 2. The highest BCUT2D eigenvalue weighted by Gasteiger charge is 2.45. The van der Waals surface area contributed by atoms with Crippen LogP contribution in [0.3, 0.4) is 0 Å². The number of nitrogens with one attached hydrogen (secondary N) is 1. The zero-order valence-corrected chi connectivity index (χ0v) is 25.1.